The fourth-order valence-electron chi connectivity index (χ4n) is 4.19. The number of hydrogen-bond acceptors (Lipinski definition) is 6. The zero-order valence-corrected chi connectivity index (χ0v) is 20.8. The molecule has 1 aromatic heterocycles. The van der Waals surface area contributed by atoms with Crippen LogP contribution in [0.25, 0.3) is 5.69 Å². The summed E-state index contributed by atoms with van der Waals surface area (Å²) in [6, 6.07) is 18.2. The van der Waals surface area contributed by atoms with Gasteiger partial charge >= 0.3 is 0 Å². The lowest BCUT2D eigenvalue weighted by molar-refractivity contribution is -0.135. The maximum atomic E-state index is 12.9. The van der Waals surface area contributed by atoms with Crippen molar-refractivity contribution in [3.8, 4) is 11.4 Å². The first-order chi connectivity index (χ1) is 16.4. The van der Waals surface area contributed by atoms with Crippen molar-refractivity contribution in [2.45, 2.75) is 50.4 Å². The van der Waals surface area contributed by atoms with Gasteiger partial charge in [-0.05, 0) is 50.8 Å². The van der Waals surface area contributed by atoms with Gasteiger partial charge in [-0.15, -0.1) is 10.2 Å². The van der Waals surface area contributed by atoms with E-state index in [1.165, 1.54) is 5.56 Å². The highest BCUT2D eigenvalue weighted by molar-refractivity contribution is 7.99. The van der Waals surface area contributed by atoms with Crippen LogP contribution in [0.5, 0.6) is 5.75 Å². The van der Waals surface area contributed by atoms with Crippen LogP contribution in [-0.4, -0.2) is 45.7 Å². The largest absolute Gasteiger partial charge is 0.497 e. The predicted octanol–water partition coefficient (Wildman–Crippen LogP) is 4.43. The average Bonchev–Trinajstić information content (AvgIpc) is 3.25. The monoisotopic (exact) mass is 480 g/mol. The first-order valence-corrected chi connectivity index (χ1v) is 12.6. The molecule has 1 aliphatic rings. The molecule has 1 aliphatic heterocycles. The summed E-state index contributed by atoms with van der Waals surface area (Å²) in [7, 11) is 1.65. The third kappa shape index (κ3) is 6.18. The minimum Gasteiger partial charge on any atom is -0.497 e. The Kier molecular flexibility index (Phi) is 7.90. The lowest BCUT2D eigenvalue weighted by Gasteiger charge is -2.34. The molecule has 7 nitrogen and oxygen atoms in total. The minimum atomic E-state index is -0.274. The van der Waals surface area contributed by atoms with Gasteiger partial charge in [0.1, 0.15) is 5.75 Å². The summed E-state index contributed by atoms with van der Waals surface area (Å²) < 4.78 is 13.2. The van der Waals surface area contributed by atoms with Crippen LogP contribution in [0.2, 0.25) is 0 Å². The molecule has 1 atom stereocenters. The number of nitrogens with zero attached hydrogens (tertiary/aromatic N) is 3. The van der Waals surface area contributed by atoms with Crippen molar-refractivity contribution in [3.05, 3.63) is 66.0 Å². The van der Waals surface area contributed by atoms with Gasteiger partial charge in [-0.1, -0.05) is 48.2 Å². The molecule has 1 amide bonds. The lowest BCUT2D eigenvalue weighted by atomic mass is 9.88. The zero-order valence-electron chi connectivity index (χ0n) is 20.0. The van der Waals surface area contributed by atoms with Gasteiger partial charge in [-0.3, -0.25) is 9.36 Å². The van der Waals surface area contributed by atoms with E-state index in [0.717, 1.165) is 35.2 Å². The van der Waals surface area contributed by atoms with Gasteiger partial charge < -0.3 is 14.8 Å². The minimum absolute atomic E-state index is 0.0369. The zero-order chi connectivity index (χ0) is 24.0. The van der Waals surface area contributed by atoms with Crippen molar-refractivity contribution in [1.29, 1.82) is 0 Å². The van der Waals surface area contributed by atoms with Crippen LogP contribution in [0.1, 0.15) is 38.1 Å². The summed E-state index contributed by atoms with van der Waals surface area (Å²) in [4.78, 5) is 12.9. The summed E-state index contributed by atoms with van der Waals surface area (Å²) in [6.45, 7) is 4.98. The SMILES string of the molecule is COc1cccc(-n2c(CNC(=O)C3CCOC(C)(C)C3)nnc2SCCc2ccccc2)c1. The normalized spacial score (nSPS) is 17.3. The molecule has 1 saturated heterocycles. The Morgan fingerprint density at radius 2 is 2.03 bits per heavy atom. The number of aryl methyl sites for hydroxylation is 1. The van der Waals surface area contributed by atoms with Crippen LogP contribution in [0.3, 0.4) is 0 Å². The van der Waals surface area contributed by atoms with Crippen LogP contribution in [-0.2, 0) is 22.5 Å². The van der Waals surface area contributed by atoms with E-state index >= 15 is 0 Å². The predicted molar refractivity (Wildman–Crippen MR) is 133 cm³/mol. The fraction of sp³-hybridized carbons (Fsp3) is 0.423. The Bertz CT molecular complexity index is 1100. The fourth-order valence-corrected chi connectivity index (χ4v) is 5.15. The lowest BCUT2D eigenvalue weighted by Crippen LogP contribution is -2.41. The number of hydrogen-bond donors (Lipinski definition) is 1. The Labute approximate surface area is 205 Å². The van der Waals surface area contributed by atoms with Crippen LogP contribution in [0.15, 0.2) is 59.8 Å². The number of rotatable bonds is 9. The third-order valence-electron chi connectivity index (χ3n) is 5.97. The molecule has 1 N–H and O–H groups in total. The Morgan fingerprint density at radius 1 is 1.21 bits per heavy atom. The second-order valence-electron chi connectivity index (χ2n) is 9.04. The van der Waals surface area contributed by atoms with Gasteiger partial charge in [-0.2, -0.15) is 0 Å². The molecule has 1 unspecified atom stereocenters. The van der Waals surface area contributed by atoms with Crippen LogP contribution in [0.4, 0.5) is 0 Å². The van der Waals surface area contributed by atoms with Crippen LogP contribution < -0.4 is 10.1 Å². The Balaban J connectivity index is 1.50. The molecule has 180 valence electrons. The molecule has 0 spiro atoms. The van der Waals surface area contributed by atoms with Gasteiger partial charge in [0.25, 0.3) is 0 Å². The Hall–Kier alpha value is -2.84. The molecule has 1 fully saturated rings. The molecule has 4 rings (SSSR count). The molecule has 3 aromatic rings. The summed E-state index contributed by atoms with van der Waals surface area (Å²) in [5.74, 6) is 2.29. The van der Waals surface area contributed by atoms with Crippen LogP contribution in [0, 0.1) is 5.92 Å². The summed E-state index contributed by atoms with van der Waals surface area (Å²) in [5, 5.41) is 12.8. The van der Waals surface area contributed by atoms with E-state index in [2.05, 4.69) is 39.8 Å². The van der Waals surface area contributed by atoms with E-state index in [-0.39, 0.29) is 17.4 Å². The van der Waals surface area contributed by atoms with Gasteiger partial charge in [0.2, 0.25) is 5.91 Å². The number of benzene rings is 2. The van der Waals surface area contributed by atoms with Gasteiger partial charge in [0, 0.05) is 24.3 Å². The molecule has 8 heteroatoms. The van der Waals surface area contributed by atoms with E-state index in [1.54, 1.807) is 18.9 Å². The number of carbonyl (C=O) groups excluding carboxylic acids is 1. The van der Waals surface area contributed by atoms with E-state index in [0.29, 0.717) is 25.4 Å². The smallest absolute Gasteiger partial charge is 0.223 e. The summed E-state index contributed by atoms with van der Waals surface area (Å²) >= 11 is 1.65. The maximum Gasteiger partial charge on any atom is 0.223 e. The highest BCUT2D eigenvalue weighted by Gasteiger charge is 2.33. The highest BCUT2D eigenvalue weighted by atomic mass is 32.2. The standard InChI is InChI=1S/C26H32N4O3S/c1-26(2)17-20(12-14-33-26)24(31)27-18-23-28-29-25(34-15-13-19-8-5-4-6-9-19)30(23)21-10-7-11-22(16-21)32-3/h4-11,16,20H,12-15,17-18H2,1-3H3,(H,27,31). The number of nitrogens with one attached hydrogen (secondary N) is 1. The van der Waals surface area contributed by atoms with Crippen molar-refractivity contribution >= 4 is 17.7 Å². The van der Waals surface area contributed by atoms with Crippen molar-refractivity contribution in [2.75, 3.05) is 19.5 Å². The molecular formula is C26H32N4O3S. The van der Waals surface area contributed by atoms with E-state index in [4.69, 9.17) is 9.47 Å². The quantitative estimate of drug-likeness (QED) is 0.457. The summed E-state index contributed by atoms with van der Waals surface area (Å²) in [6.07, 6.45) is 2.38. The molecule has 2 heterocycles. The molecule has 0 radical (unpaired) electrons. The molecule has 2 aromatic carbocycles. The summed E-state index contributed by atoms with van der Waals surface area (Å²) in [5.41, 5.74) is 1.92. The number of thioether (sulfide) groups is 1. The number of methoxy groups -OCH3 is 1. The molecular weight excluding hydrogens is 448 g/mol. The third-order valence-corrected chi connectivity index (χ3v) is 6.90. The second kappa shape index (κ2) is 11.1. The average molecular weight is 481 g/mol. The van der Waals surface area contributed by atoms with E-state index in [1.807, 2.05) is 48.7 Å². The van der Waals surface area contributed by atoms with Gasteiger partial charge in [0.05, 0.1) is 24.9 Å². The maximum absolute atomic E-state index is 12.9. The molecule has 0 aliphatic carbocycles. The first-order valence-electron chi connectivity index (χ1n) is 11.6. The Morgan fingerprint density at radius 3 is 2.79 bits per heavy atom. The van der Waals surface area contributed by atoms with Crippen molar-refractivity contribution in [2.24, 2.45) is 5.92 Å². The van der Waals surface area contributed by atoms with E-state index < -0.39 is 0 Å². The first kappa shape index (κ1) is 24.3. The van der Waals surface area contributed by atoms with E-state index in [9.17, 15) is 4.79 Å². The molecule has 34 heavy (non-hydrogen) atoms. The molecule has 0 bridgehead atoms. The van der Waals surface area contributed by atoms with Gasteiger partial charge in [0.15, 0.2) is 11.0 Å². The number of carbonyl (C=O) groups is 1. The number of aromatic nitrogens is 3. The second-order valence-corrected chi connectivity index (χ2v) is 10.1. The van der Waals surface area contributed by atoms with Crippen molar-refractivity contribution in [1.82, 2.24) is 20.1 Å². The van der Waals surface area contributed by atoms with Crippen molar-refractivity contribution in [3.63, 3.8) is 0 Å². The van der Waals surface area contributed by atoms with Crippen LogP contribution >= 0.6 is 11.8 Å². The van der Waals surface area contributed by atoms with Gasteiger partial charge in [-0.25, -0.2) is 0 Å². The number of amides is 1. The topological polar surface area (TPSA) is 78.3 Å². The van der Waals surface area contributed by atoms with Crippen molar-refractivity contribution < 1.29 is 14.3 Å². The number of ether oxygens (including phenoxy) is 2. The highest BCUT2D eigenvalue weighted by Crippen LogP contribution is 2.29. The molecule has 0 saturated carbocycles.